The Bertz CT molecular complexity index is 601. The lowest BCUT2D eigenvalue weighted by Gasteiger charge is -2.36. The Labute approximate surface area is 127 Å². The molecule has 0 radical (unpaired) electrons. The Morgan fingerprint density at radius 3 is 2.43 bits per heavy atom. The van der Waals surface area contributed by atoms with Crippen molar-refractivity contribution in [3.05, 3.63) is 59.7 Å². The van der Waals surface area contributed by atoms with Crippen molar-refractivity contribution in [2.24, 2.45) is 0 Å². The van der Waals surface area contributed by atoms with Crippen LogP contribution < -0.4 is 10.6 Å². The highest BCUT2D eigenvalue weighted by Crippen LogP contribution is 2.23. The molecule has 0 aromatic heterocycles. The molecule has 2 aromatic rings. The summed E-state index contributed by atoms with van der Waals surface area (Å²) in [7, 11) is 0. The Hall–Kier alpha value is -2.00. The number of nitrogens with two attached hydrogens (primary N) is 1. The Balaban J connectivity index is 1.59. The molecule has 0 aliphatic carbocycles. The molecule has 1 heterocycles. The number of piperazine rings is 1. The van der Waals surface area contributed by atoms with Crippen LogP contribution in [-0.2, 0) is 6.54 Å². The van der Waals surface area contributed by atoms with Crippen LogP contribution in [0.2, 0.25) is 0 Å². The molecule has 3 rings (SSSR count). The third-order valence-corrected chi connectivity index (χ3v) is 4.14. The molecular weight excluding hydrogens is 258 g/mol. The van der Waals surface area contributed by atoms with Crippen molar-refractivity contribution in [3.63, 3.8) is 0 Å². The maximum Gasteiger partial charge on any atom is 0.0600 e. The van der Waals surface area contributed by atoms with Crippen LogP contribution in [0.25, 0.3) is 0 Å². The summed E-state index contributed by atoms with van der Waals surface area (Å²) >= 11 is 0. The van der Waals surface area contributed by atoms with Crippen LogP contribution in [0.5, 0.6) is 0 Å². The van der Waals surface area contributed by atoms with E-state index in [9.17, 15) is 0 Å². The SMILES string of the molecule is Cc1cccc(CN2CCN(c3ccccc3N)CC2)c1. The molecule has 1 saturated heterocycles. The highest BCUT2D eigenvalue weighted by molar-refractivity contribution is 5.67. The van der Waals surface area contributed by atoms with E-state index in [4.69, 9.17) is 5.73 Å². The number of nitrogens with zero attached hydrogens (tertiary/aromatic N) is 2. The van der Waals surface area contributed by atoms with Gasteiger partial charge in [-0.1, -0.05) is 42.0 Å². The van der Waals surface area contributed by atoms with Crippen LogP contribution in [0.1, 0.15) is 11.1 Å². The summed E-state index contributed by atoms with van der Waals surface area (Å²) in [5.74, 6) is 0. The molecule has 110 valence electrons. The van der Waals surface area contributed by atoms with Crippen molar-refractivity contribution in [2.45, 2.75) is 13.5 Å². The molecular formula is C18H23N3. The first kappa shape index (κ1) is 14.0. The van der Waals surface area contributed by atoms with Crippen LogP contribution >= 0.6 is 0 Å². The second-order valence-electron chi connectivity index (χ2n) is 5.81. The van der Waals surface area contributed by atoms with Gasteiger partial charge in [0.15, 0.2) is 0 Å². The van der Waals surface area contributed by atoms with Gasteiger partial charge in [0.1, 0.15) is 0 Å². The molecule has 0 spiro atoms. The highest BCUT2D eigenvalue weighted by Gasteiger charge is 2.18. The zero-order valence-electron chi connectivity index (χ0n) is 12.6. The molecule has 2 aromatic carbocycles. The number of benzene rings is 2. The van der Waals surface area contributed by atoms with Crippen LogP contribution in [-0.4, -0.2) is 31.1 Å². The fraction of sp³-hybridized carbons (Fsp3) is 0.333. The van der Waals surface area contributed by atoms with Crippen LogP contribution in [0.3, 0.4) is 0 Å². The van der Waals surface area contributed by atoms with Gasteiger partial charge in [-0.3, -0.25) is 4.90 Å². The summed E-state index contributed by atoms with van der Waals surface area (Å²) in [6.07, 6.45) is 0. The fourth-order valence-corrected chi connectivity index (χ4v) is 2.99. The molecule has 3 nitrogen and oxygen atoms in total. The first-order valence-corrected chi connectivity index (χ1v) is 7.60. The van der Waals surface area contributed by atoms with E-state index in [1.165, 1.54) is 16.8 Å². The summed E-state index contributed by atoms with van der Waals surface area (Å²) in [5, 5.41) is 0. The van der Waals surface area contributed by atoms with Gasteiger partial charge in [-0.25, -0.2) is 0 Å². The number of hydrogen-bond acceptors (Lipinski definition) is 3. The predicted molar refractivity (Wildman–Crippen MR) is 89.5 cm³/mol. The zero-order chi connectivity index (χ0) is 14.7. The third-order valence-electron chi connectivity index (χ3n) is 4.14. The topological polar surface area (TPSA) is 32.5 Å². The predicted octanol–water partition coefficient (Wildman–Crippen LogP) is 2.90. The number of rotatable bonds is 3. The molecule has 0 bridgehead atoms. The number of aryl methyl sites for hydroxylation is 1. The largest absolute Gasteiger partial charge is 0.397 e. The van der Waals surface area contributed by atoms with E-state index in [1.54, 1.807) is 0 Å². The van der Waals surface area contributed by atoms with E-state index in [0.29, 0.717) is 0 Å². The lowest BCUT2D eigenvalue weighted by atomic mass is 10.1. The van der Waals surface area contributed by atoms with E-state index in [0.717, 1.165) is 38.4 Å². The molecule has 21 heavy (non-hydrogen) atoms. The van der Waals surface area contributed by atoms with Gasteiger partial charge < -0.3 is 10.6 Å². The van der Waals surface area contributed by atoms with E-state index in [1.807, 2.05) is 12.1 Å². The Morgan fingerprint density at radius 1 is 0.952 bits per heavy atom. The van der Waals surface area contributed by atoms with Gasteiger partial charge >= 0.3 is 0 Å². The van der Waals surface area contributed by atoms with Gasteiger partial charge in [-0.05, 0) is 24.6 Å². The van der Waals surface area contributed by atoms with E-state index in [-0.39, 0.29) is 0 Å². The Kier molecular flexibility index (Phi) is 4.11. The molecule has 1 fully saturated rings. The van der Waals surface area contributed by atoms with Gasteiger partial charge in [0, 0.05) is 32.7 Å². The van der Waals surface area contributed by atoms with Crippen molar-refractivity contribution < 1.29 is 0 Å². The van der Waals surface area contributed by atoms with Gasteiger partial charge in [-0.15, -0.1) is 0 Å². The molecule has 2 N–H and O–H groups in total. The van der Waals surface area contributed by atoms with Crippen molar-refractivity contribution in [3.8, 4) is 0 Å². The van der Waals surface area contributed by atoms with Crippen LogP contribution in [0, 0.1) is 6.92 Å². The van der Waals surface area contributed by atoms with Gasteiger partial charge in [-0.2, -0.15) is 0 Å². The molecule has 0 atom stereocenters. The normalized spacial score (nSPS) is 16.1. The molecule has 1 aliphatic rings. The molecule has 1 aliphatic heterocycles. The maximum atomic E-state index is 6.07. The van der Waals surface area contributed by atoms with Gasteiger partial charge in [0.05, 0.1) is 11.4 Å². The molecule has 0 saturated carbocycles. The average Bonchev–Trinajstić information content (AvgIpc) is 2.49. The number of hydrogen-bond donors (Lipinski definition) is 1. The van der Waals surface area contributed by atoms with Crippen LogP contribution in [0.15, 0.2) is 48.5 Å². The first-order valence-electron chi connectivity index (χ1n) is 7.60. The summed E-state index contributed by atoms with van der Waals surface area (Å²) in [5.41, 5.74) is 10.9. The van der Waals surface area contributed by atoms with Gasteiger partial charge in [0.2, 0.25) is 0 Å². The van der Waals surface area contributed by atoms with Crippen molar-refractivity contribution in [1.29, 1.82) is 0 Å². The minimum absolute atomic E-state index is 0.879. The summed E-state index contributed by atoms with van der Waals surface area (Å²) in [4.78, 5) is 4.91. The highest BCUT2D eigenvalue weighted by atomic mass is 15.3. The van der Waals surface area contributed by atoms with Crippen LogP contribution in [0.4, 0.5) is 11.4 Å². The second-order valence-corrected chi connectivity index (χ2v) is 5.81. The summed E-state index contributed by atoms with van der Waals surface area (Å²) in [6, 6.07) is 16.9. The van der Waals surface area contributed by atoms with E-state index >= 15 is 0 Å². The summed E-state index contributed by atoms with van der Waals surface area (Å²) in [6.45, 7) is 7.45. The average molecular weight is 281 g/mol. The van der Waals surface area contributed by atoms with E-state index < -0.39 is 0 Å². The van der Waals surface area contributed by atoms with Crippen molar-refractivity contribution in [1.82, 2.24) is 4.90 Å². The monoisotopic (exact) mass is 281 g/mol. The number of nitrogen functional groups attached to an aromatic ring is 1. The molecule has 0 amide bonds. The lowest BCUT2D eigenvalue weighted by Crippen LogP contribution is -2.46. The smallest absolute Gasteiger partial charge is 0.0600 e. The molecule has 0 unspecified atom stereocenters. The van der Waals surface area contributed by atoms with Crippen molar-refractivity contribution in [2.75, 3.05) is 36.8 Å². The summed E-state index contributed by atoms with van der Waals surface area (Å²) < 4.78 is 0. The fourth-order valence-electron chi connectivity index (χ4n) is 2.99. The number of anilines is 2. The van der Waals surface area contributed by atoms with Crippen molar-refractivity contribution >= 4 is 11.4 Å². The second kappa shape index (κ2) is 6.19. The van der Waals surface area contributed by atoms with Gasteiger partial charge in [0.25, 0.3) is 0 Å². The minimum atomic E-state index is 0.879. The lowest BCUT2D eigenvalue weighted by molar-refractivity contribution is 0.250. The third kappa shape index (κ3) is 3.37. The minimum Gasteiger partial charge on any atom is -0.397 e. The van der Waals surface area contributed by atoms with E-state index in [2.05, 4.69) is 53.1 Å². The first-order chi connectivity index (χ1) is 10.2. The number of para-hydroxylation sites is 2. The Morgan fingerprint density at radius 2 is 1.71 bits per heavy atom. The maximum absolute atomic E-state index is 6.07. The quantitative estimate of drug-likeness (QED) is 0.878. The molecule has 3 heteroatoms. The standard InChI is InChI=1S/C18H23N3/c1-15-5-4-6-16(13-15)14-20-9-11-21(12-10-20)18-8-3-2-7-17(18)19/h2-8,13H,9-12,14,19H2,1H3. The zero-order valence-corrected chi connectivity index (χ0v) is 12.6.